The molecule has 0 aromatic heterocycles. The molecule has 1 N–H and O–H groups in total. The highest BCUT2D eigenvalue weighted by atomic mass is 19.1. The lowest BCUT2D eigenvalue weighted by Gasteiger charge is -2.10. The highest BCUT2D eigenvalue weighted by molar-refractivity contribution is 6.19. The molecule has 0 atom stereocenters. The number of benzene rings is 2. The monoisotopic (exact) mass is 272 g/mol. The van der Waals surface area contributed by atoms with Crippen LogP contribution in [0.3, 0.4) is 0 Å². The van der Waals surface area contributed by atoms with Gasteiger partial charge < -0.3 is 5.32 Å². The van der Waals surface area contributed by atoms with E-state index in [0.29, 0.717) is 11.3 Å². The number of aliphatic imine (C=N–C) groups is 1. The van der Waals surface area contributed by atoms with E-state index >= 15 is 0 Å². The van der Waals surface area contributed by atoms with E-state index in [1.54, 1.807) is 18.2 Å². The number of fused-ring (bicyclic) bond motifs is 1. The Morgan fingerprint density at radius 3 is 2.65 bits per heavy atom. The Bertz CT molecular complexity index is 726. The first-order valence-electron chi connectivity index (χ1n) is 6.04. The molecule has 1 aliphatic rings. The van der Waals surface area contributed by atoms with Crippen LogP contribution in [-0.2, 0) is 4.79 Å². The van der Waals surface area contributed by atoms with Crippen LogP contribution >= 0.6 is 0 Å². The summed E-state index contributed by atoms with van der Waals surface area (Å²) in [5.74, 6) is -1.25. The van der Waals surface area contributed by atoms with E-state index in [1.807, 2.05) is 0 Å². The molecule has 2 aromatic carbocycles. The Morgan fingerprint density at radius 1 is 1.05 bits per heavy atom. The van der Waals surface area contributed by atoms with E-state index in [9.17, 15) is 13.6 Å². The molecule has 0 spiro atoms. The summed E-state index contributed by atoms with van der Waals surface area (Å²) in [6.07, 6.45) is 0. The fraction of sp³-hybridized carbons (Fsp3) is 0.0667. The van der Waals surface area contributed by atoms with Crippen molar-refractivity contribution >= 4 is 17.3 Å². The number of hydrogen-bond acceptors (Lipinski definition) is 2. The van der Waals surface area contributed by atoms with Gasteiger partial charge in [-0.1, -0.05) is 12.1 Å². The third kappa shape index (κ3) is 2.18. The van der Waals surface area contributed by atoms with Crippen molar-refractivity contribution in [2.24, 2.45) is 4.99 Å². The average molecular weight is 272 g/mol. The van der Waals surface area contributed by atoms with Crippen LogP contribution in [0.4, 0.5) is 14.5 Å². The van der Waals surface area contributed by atoms with Crippen molar-refractivity contribution in [2.75, 3.05) is 11.9 Å². The lowest BCUT2D eigenvalue weighted by Crippen LogP contribution is -2.13. The van der Waals surface area contributed by atoms with Crippen LogP contribution in [-0.4, -0.2) is 18.2 Å². The van der Waals surface area contributed by atoms with Gasteiger partial charge in [0.25, 0.3) is 0 Å². The molecule has 0 radical (unpaired) electrons. The molecule has 0 bridgehead atoms. The van der Waals surface area contributed by atoms with Gasteiger partial charge >= 0.3 is 0 Å². The normalized spacial score (nSPS) is 14.1. The van der Waals surface area contributed by atoms with E-state index < -0.39 is 11.6 Å². The minimum Gasteiger partial charge on any atom is -0.324 e. The first kappa shape index (κ1) is 12.5. The molecule has 100 valence electrons. The van der Waals surface area contributed by atoms with Gasteiger partial charge in [0.1, 0.15) is 18.2 Å². The van der Waals surface area contributed by atoms with Crippen LogP contribution in [0.15, 0.2) is 47.5 Å². The molecule has 1 amide bonds. The molecule has 3 nitrogen and oxygen atoms in total. The molecular formula is C15H10F2N2O. The van der Waals surface area contributed by atoms with E-state index in [0.717, 1.165) is 0 Å². The lowest BCUT2D eigenvalue weighted by atomic mass is 10.00. The third-order valence-corrected chi connectivity index (χ3v) is 3.02. The second-order valence-corrected chi connectivity index (χ2v) is 4.38. The van der Waals surface area contributed by atoms with Gasteiger partial charge in [-0.25, -0.2) is 8.78 Å². The van der Waals surface area contributed by atoms with Gasteiger partial charge in [0, 0.05) is 11.1 Å². The lowest BCUT2D eigenvalue weighted by molar-refractivity contribution is -0.114. The number of halogens is 2. The maximum absolute atomic E-state index is 13.9. The van der Waals surface area contributed by atoms with Gasteiger partial charge in [0.05, 0.1) is 11.4 Å². The molecular weight excluding hydrogens is 262 g/mol. The largest absolute Gasteiger partial charge is 0.324 e. The van der Waals surface area contributed by atoms with Crippen molar-refractivity contribution in [1.29, 1.82) is 0 Å². The minimum absolute atomic E-state index is 0.125. The van der Waals surface area contributed by atoms with Crippen LogP contribution in [0, 0.1) is 11.6 Å². The van der Waals surface area contributed by atoms with Gasteiger partial charge in [-0.2, -0.15) is 0 Å². The molecule has 0 saturated carbocycles. The first-order valence-corrected chi connectivity index (χ1v) is 6.04. The Morgan fingerprint density at radius 2 is 1.85 bits per heavy atom. The molecule has 1 heterocycles. The van der Waals surface area contributed by atoms with Crippen molar-refractivity contribution in [3.63, 3.8) is 0 Å². The molecule has 0 aliphatic carbocycles. The van der Waals surface area contributed by atoms with Crippen molar-refractivity contribution in [1.82, 2.24) is 0 Å². The second-order valence-electron chi connectivity index (χ2n) is 4.38. The smallest absolute Gasteiger partial charge is 0.246 e. The van der Waals surface area contributed by atoms with E-state index in [2.05, 4.69) is 10.3 Å². The van der Waals surface area contributed by atoms with Crippen LogP contribution in [0.5, 0.6) is 0 Å². The van der Waals surface area contributed by atoms with E-state index in [4.69, 9.17) is 0 Å². The molecule has 2 aromatic rings. The fourth-order valence-corrected chi connectivity index (χ4v) is 2.13. The first-order chi connectivity index (χ1) is 9.65. The van der Waals surface area contributed by atoms with Crippen molar-refractivity contribution in [3.8, 4) is 0 Å². The predicted molar refractivity (Wildman–Crippen MR) is 71.9 cm³/mol. The summed E-state index contributed by atoms with van der Waals surface area (Å²) in [5, 5.41) is 2.63. The average Bonchev–Trinajstić information content (AvgIpc) is 2.58. The summed E-state index contributed by atoms with van der Waals surface area (Å²) in [4.78, 5) is 15.7. The van der Waals surface area contributed by atoms with Crippen LogP contribution in [0.1, 0.15) is 11.1 Å². The third-order valence-electron chi connectivity index (χ3n) is 3.02. The molecule has 1 aliphatic heterocycles. The van der Waals surface area contributed by atoms with Gasteiger partial charge in [0.2, 0.25) is 5.91 Å². The van der Waals surface area contributed by atoms with Gasteiger partial charge in [0.15, 0.2) is 0 Å². The Labute approximate surface area is 114 Å². The predicted octanol–water partition coefficient (Wildman–Crippen LogP) is 2.75. The minimum atomic E-state index is -0.469. The Balaban J connectivity index is 2.23. The number of benzodiazepines with no additional fused rings is 1. The van der Waals surface area contributed by atoms with Gasteiger partial charge in [-0.05, 0) is 30.3 Å². The van der Waals surface area contributed by atoms with E-state index in [-0.39, 0.29) is 23.7 Å². The highest BCUT2D eigenvalue weighted by Gasteiger charge is 2.20. The summed E-state index contributed by atoms with van der Waals surface area (Å²) in [6, 6.07) is 10.0. The Kier molecular flexibility index (Phi) is 3.02. The fourth-order valence-electron chi connectivity index (χ4n) is 2.13. The maximum atomic E-state index is 13.9. The maximum Gasteiger partial charge on any atom is 0.246 e. The molecule has 3 rings (SSSR count). The Hall–Kier alpha value is -2.56. The molecule has 5 heteroatoms. The highest BCUT2D eigenvalue weighted by Crippen LogP contribution is 2.24. The quantitative estimate of drug-likeness (QED) is 0.852. The second kappa shape index (κ2) is 4.85. The SMILES string of the molecule is O=C1CN=C(c2ccccc2F)c2cc(F)ccc2N1. The number of nitrogens with zero attached hydrogens (tertiary/aromatic N) is 1. The van der Waals surface area contributed by atoms with Gasteiger partial charge in [-0.3, -0.25) is 9.79 Å². The summed E-state index contributed by atoms with van der Waals surface area (Å²) in [7, 11) is 0. The zero-order valence-corrected chi connectivity index (χ0v) is 10.4. The molecule has 0 unspecified atom stereocenters. The zero-order chi connectivity index (χ0) is 14.1. The summed E-state index contributed by atoms with van der Waals surface area (Å²) in [5.41, 5.74) is 1.32. The van der Waals surface area contributed by atoms with Gasteiger partial charge in [-0.15, -0.1) is 0 Å². The topological polar surface area (TPSA) is 41.5 Å². The molecule has 0 fully saturated rings. The van der Waals surface area contributed by atoms with E-state index in [1.165, 1.54) is 24.3 Å². The number of carbonyl (C=O) groups excluding carboxylic acids is 1. The van der Waals surface area contributed by atoms with Crippen molar-refractivity contribution < 1.29 is 13.6 Å². The summed E-state index contributed by atoms with van der Waals surface area (Å²) in [6.45, 7) is -0.125. The standard InChI is InChI=1S/C15H10F2N2O/c16-9-5-6-13-11(7-9)15(18-8-14(20)19-13)10-3-1-2-4-12(10)17/h1-7H,8H2,(H,19,20). The number of nitrogens with one attached hydrogen (secondary N) is 1. The molecule has 20 heavy (non-hydrogen) atoms. The van der Waals surface area contributed by atoms with Crippen LogP contribution in [0.2, 0.25) is 0 Å². The van der Waals surface area contributed by atoms with Crippen LogP contribution in [0.25, 0.3) is 0 Å². The summed E-state index contributed by atoms with van der Waals surface area (Å²) >= 11 is 0. The summed E-state index contributed by atoms with van der Waals surface area (Å²) < 4.78 is 27.4. The number of amides is 1. The zero-order valence-electron chi connectivity index (χ0n) is 10.4. The number of rotatable bonds is 1. The number of carbonyl (C=O) groups is 1. The van der Waals surface area contributed by atoms with Crippen molar-refractivity contribution in [3.05, 3.63) is 65.2 Å². The number of hydrogen-bond donors (Lipinski definition) is 1. The van der Waals surface area contributed by atoms with Crippen molar-refractivity contribution in [2.45, 2.75) is 0 Å². The molecule has 0 saturated heterocycles. The van der Waals surface area contributed by atoms with Crippen LogP contribution < -0.4 is 5.32 Å². The number of anilines is 1.